The summed E-state index contributed by atoms with van der Waals surface area (Å²) in [4.78, 5) is 2.29. The van der Waals surface area contributed by atoms with Gasteiger partial charge in [-0.15, -0.1) is 0 Å². The highest BCUT2D eigenvalue weighted by Gasteiger charge is 2.08. The van der Waals surface area contributed by atoms with E-state index < -0.39 is 0 Å². The van der Waals surface area contributed by atoms with Crippen molar-refractivity contribution in [2.75, 3.05) is 20.7 Å². The molecule has 1 rings (SSSR count). The second-order valence-electron chi connectivity index (χ2n) is 5.00. The minimum atomic E-state index is 0.260. The van der Waals surface area contributed by atoms with Crippen molar-refractivity contribution in [2.45, 2.75) is 39.3 Å². The van der Waals surface area contributed by atoms with E-state index in [9.17, 15) is 0 Å². The van der Waals surface area contributed by atoms with Crippen molar-refractivity contribution in [3.63, 3.8) is 0 Å². The highest BCUT2D eigenvalue weighted by atomic mass is 16.5. The number of hydrogen-bond acceptors (Lipinski definition) is 3. The van der Waals surface area contributed by atoms with E-state index in [0.29, 0.717) is 0 Å². The number of rotatable bonds is 7. The first kappa shape index (κ1) is 15.0. The van der Waals surface area contributed by atoms with Crippen molar-refractivity contribution < 1.29 is 4.74 Å². The molecule has 0 amide bonds. The SMILES string of the molecule is CCc1ccc(OC)c(CN(C)CCC(C)N)c1. The number of nitrogens with two attached hydrogens (primary N) is 1. The number of methoxy groups -OCH3 is 1. The zero-order valence-electron chi connectivity index (χ0n) is 12.1. The molecule has 0 saturated carbocycles. The predicted molar refractivity (Wildman–Crippen MR) is 77.0 cm³/mol. The molecule has 1 aromatic rings. The lowest BCUT2D eigenvalue weighted by atomic mass is 10.1. The maximum absolute atomic E-state index is 5.78. The molecule has 1 atom stereocenters. The van der Waals surface area contributed by atoms with E-state index >= 15 is 0 Å². The van der Waals surface area contributed by atoms with Crippen LogP contribution in [0.2, 0.25) is 0 Å². The summed E-state index contributed by atoms with van der Waals surface area (Å²) in [5.41, 5.74) is 8.39. The van der Waals surface area contributed by atoms with E-state index in [2.05, 4.69) is 37.1 Å². The van der Waals surface area contributed by atoms with Gasteiger partial charge in [-0.2, -0.15) is 0 Å². The Hall–Kier alpha value is -1.06. The van der Waals surface area contributed by atoms with Gasteiger partial charge in [-0.25, -0.2) is 0 Å². The second kappa shape index (κ2) is 7.39. The highest BCUT2D eigenvalue weighted by molar-refractivity contribution is 5.37. The summed E-state index contributed by atoms with van der Waals surface area (Å²) in [6, 6.07) is 6.69. The quantitative estimate of drug-likeness (QED) is 0.807. The van der Waals surface area contributed by atoms with Crippen molar-refractivity contribution in [1.29, 1.82) is 0 Å². The molecule has 0 spiro atoms. The van der Waals surface area contributed by atoms with Crippen LogP contribution in [0.25, 0.3) is 0 Å². The lowest BCUT2D eigenvalue weighted by Gasteiger charge is -2.20. The Bertz CT molecular complexity index is 364. The van der Waals surface area contributed by atoms with Gasteiger partial charge >= 0.3 is 0 Å². The Morgan fingerprint density at radius 1 is 1.39 bits per heavy atom. The fourth-order valence-electron chi connectivity index (χ4n) is 1.97. The number of ether oxygens (including phenoxy) is 1. The third-order valence-electron chi connectivity index (χ3n) is 3.16. The van der Waals surface area contributed by atoms with E-state index in [1.807, 2.05) is 6.92 Å². The standard InChI is InChI=1S/C15H26N2O/c1-5-13-6-7-15(18-4)14(10-13)11-17(3)9-8-12(2)16/h6-7,10,12H,5,8-9,11,16H2,1-4H3. The van der Waals surface area contributed by atoms with Crippen LogP contribution < -0.4 is 10.5 Å². The zero-order chi connectivity index (χ0) is 13.5. The molecular formula is C15H26N2O. The van der Waals surface area contributed by atoms with Crippen molar-refractivity contribution in [1.82, 2.24) is 4.90 Å². The maximum atomic E-state index is 5.78. The summed E-state index contributed by atoms with van der Waals surface area (Å²) in [7, 11) is 3.85. The van der Waals surface area contributed by atoms with Crippen LogP contribution in [-0.2, 0) is 13.0 Å². The summed E-state index contributed by atoms with van der Waals surface area (Å²) in [5, 5.41) is 0. The summed E-state index contributed by atoms with van der Waals surface area (Å²) < 4.78 is 5.42. The van der Waals surface area contributed by atoms with Gasteiger partial charge in [0.05, 0.1) is 7.11 Å². The van der Waals surface area contributed by atoms with Gasteiger partial charge in [0.25, 0.3) is 0 Å². The first-order valence-corrected chi connectivity index (χ1v) is 6.66. The second-order valence-corrected chi connectivity index (χ2v) is 5.00. The lowest BCUT2D eigenvalue weighted by molar-refractivity contribution is 0.306. The summed E-state index contributed by atoms with van der Waals surface area (Å²) in [6.45, 7) is 6.14. The van der Waals surface area contributed by atoms with Gasteiger partial charge in [-0.3, -0.25) is 0 Å². The molecule has 0 aliphatic carbocycles. The smallest absolute Gasteiger partial charge is 0.123 e. The molecule has 0 aromatic heterocycles. The van der Waals surface area contributed by atoms with E-state index in [-0.39, 0.29) is 6.04 Å². The van der Waals surface area contributed by atoms with Crippen LogP contribution >= 0.6 is 0 Å². The molecule has 0 saturated heterocycles. The molecule has 102 valence electrons. The van der Waals surface area contributed by atoms with Gasteiger partial charge in [-0.1, -0.05) is 19.1 Å². The van der Waals surface area contributed by atoms with Crippen LogP contribution in [0, 0.1) is 0 Å². The van der Waals surface area contributed by atoms with Crippen molar-refractivity contribution in [3.05, 3.63) is 29.3 Å². The monoisotopic (exact) mass is 250 g/mol. The predicted octanol–water partition coefficient (Wildman–Crippen LogP) is 2.43. The Morgan fingerprint density at radius 3 is 2.67 bits per heavy atom. The van der Waals surface area contributed by atoms with Crippen molar-refractivity contribution in [3.8, 4) is 5.75 Å². The highest BCUT2D eigenvalue weighted by Crippen LogP contribution is 2.21. The third-order valence-corrected chi connectivity index (χ3v) is 3.16. The molecule has 2 N–H and O–H groups in total. The van der Waals surface area contributed by atoms with Crippen LogP contribution in [0.15, 0.2) is 18.2 Å². The Balaban J connectivity index is 2.69. The fourth-order valence-corrected chi connectivity index (χ4v) is 1.97. The van der Waals surface area contributed by atoms with Gasteiger partial charge in [0, 0.05) is 18.2 Å². The largest absolute Gasteiger partial charge is 0.496 e. The molecule has 0 heterocycles. The van der Waals surface area contributed by atoms with E-state index in [0.717, 1.165) is 31.7 Å². The van der Waals surface area contributed by atoms with E-state index in [4.69, 9.17) is 10.5 Å². The normalized spacial score (nSPS) is 12.8. The molecule has 0 aliphatic rings. The zero-order valence-corrected chi connectivity index (χ0v) is 12.1. The van der Waals surface area contributed by atoms with Crippen LogP contribution in [0.1, 0.15) is 31.4 Å². The van der Waals surface area contributed by atoms with Gasteiger partial charge in [0.1, 0.15) is 5.75 Å². The summed E-state index contributed by atoms with van der Waals surface area (Å²) in [6.07, 6.45) is 2.08. The molecule has 0 bridgehead atoms. The van der Waals surface area contributed by atoms with Crippen molar-refractivity contribution in [2.24, 2.45) is 5.73 Å². The minimum absolute atomic E-state index is 0.260. The number of hydrogen-bond donors (Lipinski definition) is 1. The average Bonchev–Trinajstić information content (AvgIpc) is 2.36. The van der Waals surface area contributed by atoms with Crippen LogP contribution in [-0.4, -0.2) is 31.6 Å². The molecule has 18 heavy (non-hydrogen) atoms. The fraction of sp³-hybridized carbons (Fsp3) is 0.600. The Kier molecular flexibility index (Phi) is 6.16. The lowest BCUT2D eigenvalue weighted by Crippen LogP contribution is -2.26. The Labute approximate surface area is 111 Å². The number of nitrogens with zero attached hydrogens (tertiary/aromatic N) is 1. The maximum Gasteiger partial charge on any atom is 0.123 e. The molecule has 0 fully saturated rings. The van der Waals surface area contributed by atoms with Gasteiger partial charge in [0.15, 0.2) is 0 Å². The van der Waals surface area contributed by atoms with Gasteiger partial charge in [-0.05, 0) is 45.0 Å². The number of aryl methyl sites for hydroxylation is 1. The van der Waals surface area contributed by atoms with E-state index in [1.54, 1.807) is 7.11 Å². The molecular weight excluding hydrogens is 224 g/mol. The Morgan fingerprint density at radius 2 is 2.11 bits per heavy atom. The topological polar surface area (TPSA) is 38.5 Å². The molecule has 3 heteroatoms. The van der Waals surface area contributed by atoms with Crippen molar-refractivity contribution >= 4 is 0 Å². The average molecular weight is 250 g/mol. The first-order valence-electron chi connectivity index (χ1n) is 6.66. The molecule has 1 aromatic carbocycles. The molecule has 0 aliphatic heterocycles. The van der Waals surface area contributed by atoms with Gasteiger partial charge < -0.3 is 15.4 Å². The van der Waals surface area contributed by atoms with Crippen LogP contribution in [0.3, 0.4) is 0 Å². The first-order chi connectivity index (χ1) is 8.56. The minimum Gasteiger partial charge on any atom is -0.496 e. The van der Waals surface area contributed by atoms with Crippen LogP contribution in [0.4, 0.5) is 0 Å². The summed E-state index contributed by atoms with van der Waals surface area (Å²) in [5.74, 6) is 0.972. The van der Waals surface area contributed by atoms with E-state index in [1.165, 1.54) is 11.1 Å². The molecule has 0 radical (unpaired) electrons. The summed E-state index contributed by atoms with van der Waals surface area (Å²) >= 11 is 0. The molecule has 1 unspecified atom stereocenters. The number of benzene rings is 1. The van der Waals surface area contributed by atoms with Gasteiger partial charge in [0.2, 0.25) is 0 Å². The molecule has 3 nitrogen and oxygen atoms in total. The van der Waals surface area contributed by atoms with Crippen LogP contribution in [0.5, 0.6) is 5.75 Å². The third kappa shape index (κ3) is 4.67.